The number of rotatable bonds is 5. The Bertz CT molecular complexity index is 143. The second kappa shape index (κ2) is 6.41. The molecule has 0 aromatic heterocycles. The molecule has 14 heavy (non-hydrogen) atoms. The predicted octanol–water partition coefficient (Wildman–Crippen LogP) is 2.32. The Hall–Kier alpha value is -0.0800. The average Bonchev–Trinajstić information content (AvgIpc) is 2.26. The van der Waals surface area contributed by atoms with E-state index in [1.807, 2.05) is 6.92 Å². The average molecular weight is 199 g/mol. The summed E-state index contributed by atoms with van der Waals surface area (Å²) in [6.07, 6.45) is 7.64. The summed E-state index contributed by atoms with van der Waals surface area (Å²) >= 11 is 0. The van der Waals surface area contributed by atoms with Crippen molar-refractivity contribution in [2.24, 2.45) is 5.92 Å². The van der Waals surface area contributed by atoms with E-state index in [4.69, 9.17) is 0 Å². The van der Waals surface area contributed by atoms with Crippen LogP contribution in [0.5, 0.6) is 0 Å². The van der Waals surface area contributed by atoms with Gasteiger partial charge in [-0.05, 0) is 32.1 Å². The van der Waals surface area contributed by atoms with Gasteiger partial charge in [-0.3, -0.25) is 0 Å². The molecular formula is C12H25NO. The molecule has 1 aliphatic rings. The Kier molecular flexibility index (Phi) is 5.49. The quantitative estimate of drug-likeness (QED) is 0.712. The van der Waals surface area contributed by atoms with Crippen LogP contribution in [0.3, 0.4) is 0 Å². The van der Waals surface area contributed by atoms with Gasteiger partial charge in [0.25, 0.3) is 0 Å². The van der Waals surface area contributed by atoms with Gasteiger partial charge in [0.15, 0.2) is 0 Å². The standard InChI is InChI=1S/C12H25NO/c1-3-12(14)9-13-10(2)11-7-5-4-6-8-11/h10-14H,3-9H2,1-2H3/t10-,12?/m0/s1. The van der Waals surface area contributed by atoms with Crippen molar-refractivity contribution in [1.82, 2.24) is 5.32 Å². The van der Waals surface area contributed by atoms with Crippen molar-refractivity contribution < 1.29 is 5.11 Å². The summed E-state index contributed by atoms with van der Waals surface area (Å²) in [5.74, 6) is 0.841. The van der Waals surface area contributed by atoms with Crippen molar-refractivity contribution in [2.45, 2.75) is 64.5 Å². The van der Waals surface area contributed by atoms with Crippen LogP contribution in [0.1, 0.15) is 52.4 Å². The Morgan fingerprint density at radius 2 is 1.93 bits per heavy atom. The second-order valence-corrected chi connectivity index (χ2v) is 4.66. The van der Waals surface area contributed by atoms with Crippen LogP contribution in [0.25, 0.3) is 0 Å². The van der Waals surface area contributed by atoms with Crippen LogP contribution >= 0.6 is 0 Å². The normalized spacial score (nSPS) is 23.4. The zero-order chi connectivity index (χ0) is 10.4. The van der Waals surface area contributed by atoms with Crippen molar-refractivity contribution in [3.05, 3.63) is 0 Å². The molecule has 0 aromatic carbocycles. The Morgan fingerprint density at radius 1 is 1.29 bits per heavy atom. The van der Waals surface area contributed by atoms with Crippen molar-refractivity contribution in [1.29, 1.82) is 0 Å². The van der Waals surface area contributed by atoms with E-state index in [0.717, 1.165) is 18.9 Å². The third-order valence-corrected chi connectivity index (χ3v) is 3.50. The number of hydrogen-bond acceptors (Lipinski definition) is 2. The maximum atomic E-state index is 9.44. The van der Waals surface area contributed by atoms with Gasteiger partial charge >= 0.3 is 0 Å². The SMILES string of the molecule is CCC(O)CN[C@@H](C)C1CCCCC1. The third kappa shape index (κ3) is 3.97. The first-order valence-electron chi connectivity index (χ1n) is 6.15. The minimum absolute atomic E-state index is 0.166. The lowest BCUT2D eigenvalue weighted by atomic mass is 9.84. The molecule has 0 amide bonds. The predicted molar refractivity (Wildman–Crippen MR) is 60.3 cm³/mol. The molecule has 2 N–H and O–H groups in total. The molecule has 2 heteroatoms. The number of aliphatic hydroxyl groups is 1. The van der Waals surface area contributed by atoms with Gasteiger partial charge in [-0.25, -0.2) is 0 Å². The van der Waals surface area contributed by atoms with Crippen LogP contribution in [0.2, 0.25) is 0 Å². The van der Waals surface area contributed by atoms with Crippen molar-refractivity contribution >= 4 is 0 Å². The maximum Gasteiger partial charge on any atom is 0.0662 e. The van der Waals surface area contributed by atoms with Gasteiger partial charge in [-0.2, -0.15) is 0 Å². The molecule has 1 fully saturated rings. The molecule has 0 aliphatic heterocycles. The lowest BCUT2D eigenvalue weighted by Crippen LogP contribution is -2.39. The van der Waals surface area contributed by atoms with Gasteiger partial charge in [0.05, 0.1) is 6.10 Å². The monoisotopic (exact) mass is 199 g/mol. The molecule has 2 atom stereocenters. The van der Waals surface area contributed by atoms with Crippen molar-refractivity contribution in [3.63, 3.8) is 0 Å². The molecule has 2 nitrogen and oxygen atoms in total. The largest absolute Gasteiger partial charge is 0.392 e. The van der Waals surface area contributed by atoms with Gasteiger partial charge in [0.1, 0.15) is 0 Å². The third-order valence-electron chi connectivity index (χ3n) is 3.50. The minimum atomic E-state index is -0.166. The first-order chi connectivity index (χ1) is 6.74. The summed E-state index contributed by atoms with van der Waals surface area (Å²) in [6, 6.07) is 0.580. The maximum absolute atomic E-state index is 9.44. The van der Waals surface area contributed by atoms with Crippen molar-refractivity contribution in [2.75, 3.05) is 6.54 Å². The van der Waals surface area contributed by atoms with Crippen molar-refractivity contribution in [3.8, 4) is 0 Å². The lowest BCUT2D eigenvalue weighted by Gasteiger charge is -2.29. The molecule has 0 aromatic rings. The van der Waals surface area contributed by atoms with Gasteiger partial charge in [0, 0.05) is 12.6 Å². The van der Waals surface area contributed by atoms with Crippen LogP contribution in [-0.4, -0.2) is 23.8 Å². The minimum Gasteiger partial charge on any atom is -0.392 e. The van der Waals surface area contributed by atoms with E-state index in [9.17, 15) is 5.11 Å². The molecule has 0 heterocycles. The highest BCUT2D eigenvalue weighted by Gasteiger charge is 2.19. The lowest BCUT2D eigenvalue weighted by molar-refractivity contribution is 0.155. The van der Waals surface area contributed by atoms with E-state index in [1.165, 1.54) is 32.1 Å². The smallest absolute Gasteiger partial charge is 0.0662 e. The molecule has 1 unspecified atom stereocenters. The molecule has 0 radical (unpaired) electrons. The fourth-order valence-electron chi connectivity index (χ4n) is 2.27. The van der Waals surface area contributed by atoms with Crippen LogP contribution in [-0.2, 0) is 0 Å². The van der Waals surface area contributed by atoms with Gasteiger partial charge in [-0.1, -0.05) is 26.2 Å². The molecule has 1 aliphatic carbocycles. The fraction of sp³-hybridized carbons (Fsp3) is 1.00. The summed E-state index contributed by atoms with van der Waals surface area (Å²) in [6.45, 7) is 5.05. The molecule has 0 spiro atoms. The van der Waals surface area contributed by atoms with Crippen LogP contribution in [0.15, 0.2) is 0 Å². The molecular weight excluding hydrogens is 174 g/mol. The van der Waals surface area contributed by atoms with E-state index in [1.54, 1.807) is 0 Å². The number of aliphatic hydroxyl groups excluding tert-OH is 1. The molecule has 1 rings (SSSR count). The summed E-state index contributed by atoms with van der Waals surface area (Å²) in [7, 11) is 0. The van der Waals surface area contributed by atoms with Gasteiger partial charge in [0.2, 0.25) is 0 Å². The topological polar surface area (TPSA) is 32.3 Å². The number of nitrogens with one attached hydrogen (secondary N) is 1. The molecule has 0 saturated heterocycles. The summed E-state index contributed by atoms with van der Waals surface area (Å²) in [5, 5.41) is 12.9. The van der Waals surface area contributed by atoms with Crippen LogP contribution in [0.4, 0.5) is 0 Å². The molecule has 1 saturated carbocycles. The summed E-state index contributed by atoms with van der Waals surface area (Å²) < 4.78 is 0. The summed E-state index contributed by atoms with van der Waals surface area (Å²) in [4.78, 5) is 0. The van der Waals surface area contributed by atoms with E-state index < -0.39 is 0 Å². The molecule has 0 bridgehead atoms. The zero-order valence-corrected chi connectivity index (χ0v) is 9.63. The number of hydrogen-bond donors (Lipinski definition) is 2. The van der Waals surface area contributed by atoms with Crippen LogP contribution in [0, 0.1) is 5.92 Å². The van der Waals surface area contributed by atoms with E-state index >= 15 is 0 Å². The summed E-state index contributed by atoms with van der Waals surface area (Å²) in [5.41, 5.74) is 0. The Balaban J connectivity index is 2.16. The van der Waals surface area contributed by atoms with E-state index in [0.29, 0.717) is 6.04 Å². The zero-order valence-electron chi connectivity index (χ0n) is 9.63. The highest BCUT2D eigenvalue weighted by atomic mass is 16.3. The van der Waals surface area contributed by atoms with E-state index in [2.05, 4.69) is 12.2 Å². The highest BCUT2D eigenvalue weighted by molar-refractivity contribution is 4.76. The first kappa shape index (κ1) is 12.0. The highest BCUT2D eigenvalue weighted by Crippen LogP contribution is 2.26. The van der Waals surface area contributed by atoms with Gasteiger partial charge in [-0.15, -0.1) is 0 Å². The van der Waals surface area contributed by atoms with Gasteiger partial charge < -0.3 is 10.4 Å². The Morgan fingerprint density at radius 3 is 2.50 bits per heavy atom. The fourth-order valence-corrected chi connectivity index (χ4v) is 2.27. The Labute approximate surface area is 88.1 Å². The second-order valence-electron chi connectivity index (χ2n) is 4.66. The van der Waals surface area contributed by atoms with Crippen LogP contribution < -0.4 is 5.32 Å². The first-order valence-corrected chi connectivity index (χ1v) is 6.15. The molecule has 84 valence electrons. The van der Waals surface area contributed by atoms with E-state index in [-0.39, 0.29) is 6.10 Å².